The molecule has 0 amide bonds. The molecular formula is C25H28N8O3S. The number of H-pyrrole nitrogens is 1. The largest absolute Gasteiger partial charge is 0.394 e. The summed E-state index contributed by atoms with van der Waals surface area (Å²) in [7, 11) is 0. The maximum atomic E-state index is 13.1. The first-order valence-electron chi connectivity index (χ1n) is 12.6. The first-order chi connectivity index (χ1) is 18.0. The fourth-order valence-corrected chi connectivity index (χ4v) is 6.51. The van der Waals surface area contributed by atoms with Crippen LogP contribution in [0.4, 0.5) is 5.69 Å². The van der Waals surface area contributed by atoms with E-state index in [1.54, 1.807) is 27.7 Å². The molecule has 1 saturated carbocycles. The molecule has 2 aliphatic rings. The highest BCUT2D eigenvalue weighted by Crippen LogP contribution is 2.53. The van der Waals surface area contributed by atoms with Gasteiger partial charge < -0.3 is 20.5 Å². The first-order valence-corrected chi connectivity index (χ1v) is 13.5. The third kappa shape index (κ3) is 4.09. The molecule has 1 aliphatic heterocycles. The van der Waals surface area contributed by atoms with Gasteiger partial charge in [0.05, 0.1) is 41.6 Å². The number of hydrogen-bond donors (Lipinski definition) is 4. The van der Waals surface area contributed by atoms with Crippen molar-refractivity contribution in [1.82, 2.24) is 34.3 Å². The highest BCUT2D eigenvalue weighted by atomic mass is 32.1. The van der Waals surface area contributed by atoms with Crippen LogP contribution in [0.3, 0.4) is 0 Å². The number of aliphatic hydroxyl groups is 2. The van der Waals surface area contributed by atoms with Crippen LogP contribution in [-0.4, -0.2) is 76.9 Å². The van der Waals surface area contributed by atoms with E-state index in [0.717, 1.165) is 28.4 Å². The number of anilines is 1. The Labute approximate surface area is 215 Å². The summed E-state index contributed by atoms with van der Waals surface area (Å²) in [6, 6.07) is 1.80. The standard InChI is InChI=1S/C25H28N8O3S/c34-8-7-32-12-15(10-27-32)18-13-33-24(37-18)20-22(30-33)21-17(29-23(20)36)9-16(11-26-21)28-19(35)14-31-5-3-25(1-2-25)4-6-31/h9-13,19,28,34-35H,1-8,14H2,(H,29,36). The topological polar surface area (TPSA) is 137 Å². The lowest BCUT2D eigenvalue weighted by atomic mass is 9.94. The molecule has 0 bridgehead atoms. The zero-order valence-corrected chi connectivity index (χ0v) is 21.0. The summed E-state index contributed by atoms with van der Waals surface area (Å²) in [6.07, 6.45) is 11.6. The third-order valence-electron chi connectivity index (χ3n) is 7.79. The number of aromatic amines is 1. The molecule has 5 aromatic rings. The number of nitrogens with zero attached hydrogens (tertiary/aromatic N) is 6. The molecule has 7 rings (SSSR count). The van der Waals surface area contributed by atoms with Crippen molar-refractivity contribution in [3.63, 3.8) is 0 Å². The predicted molar refractivity (Wildman–Crippen MR) is 142 cm³/mol. The zero-order chi connectivity index (χ0) is 25.1. The van der Waals surface area contributed by atoms with Crippen LogP contribution in [0.1, 0.15) is 25.7 Å². The quantitative estimate of drug-likeness (QED) is 0.240. The van der Waals surface area contributed by atoms with Crippen molar-refractivity contribution in [3.8, 4) is 10.4 Å². The van der Waals surface area contributed by atoms with Crippen LogP contribution in [0, 0.1) is 5.41 Å². The molecule has 12 heteroatoms. The molecule has 1 unspecified atom stereocenters. The van der Waals surface area contributed by atoms with E-state index in [4.69, 9.17) is 5.11 Å². The first kappa shape index (κ1) is 22.8. The molecule has 6 heterocycles. The number of piperidine rings is 1. The number of thiazole rings is 1. The number of hydrogen-bond acceptors (Lipinski definition) is 9. The highest BCUT2D eigenvalue weighted by molar-refractivity contribution is 7.21. The molecule has 1 atom stereocenters. The fourth-order valence-electron chi connectivity index (χ4n) is 5.45. The van der Waals surface area contributed by atoms with E-state index in [2.05, 4.69) is 30.4 Å². The number of β-amino-alcohol motifs (C(OH)–C–C–N with tert-alkyl or cyclic N) is 1. The molecule has 1 aliphatic carbocycles. The van der Waals surface area contributed by atoms with Crippen LogP contribution in [-0.2, 0) is 6.54 Å². The van der Waals surface area contributed by atoms with Gasteiger partial charge in [-0.3, -0.25) is 19.4 Å². The molecule has 1 spiro atoms. The van der Waals surface area contributed by atoms with E-state index in [0.29, 0.717) is 46.1 Å². The van der Waals surface area contributed by atoms with Crippen LogP contribution >= 0.6 is 11.3 Å². The summed E-state index contributed by atoms with van der Waals surface area (Å²) in [5.41, 5.74) is 3.65. The van der Waals surface area contributed by atoms with Crippen molar-refractivity contribution in [2.45, 2.75) is 38.5 Å². The zero-order valence-electron chi connectivity index (χ0n) is 20.2. The van der Waals surface area contributed by atoms with Gasteiger partial charge in [0.15, 0.2) is 0 Å². The van der Waals surface area contributed by atoms with Crippen LogP contribution < -0.4 is 10.9 Å². The second kappa shape index (κ2) is 8.62. The SMILES string of the molecule is O=c1[nH]c2cc(NC(O)CN3CCC4(CC3)CC4)cnc2c2nn3cc(-c4cnn(CCO)c4)sc3c12. The van der Waals surface area contributed by atoms with Crippen LogP contribution in [0.15, 0.2) is 35.6 Å². The van der Waals surface area contributed by atoms with E-state index in [1.807, 2.05) is 12.4 Å². The normalized spacial score (nSPS) is 18.3. The van der Waals surface area contributed by atoms with Crippen LogP contribution in [0.5, 0.6) is 0 Å². The van der Waals surface area contributed by atoms with Gasteiger partial charge in [-0.1, -0.05) is 0 Å². The molecule has 192 valence electrons. The molecular weight excluding hydrogens is 492 g/mol. The van der Waals surface area contributed by atoms with E-state index in [-0.39, 0.29) is 12.2 Å². The van der Waals surface area contributed by atoms with Crippen molar-refractivity contribution in [2.24, 2.45) is 5.41 Å². The van der Waals surface area contributed by atoms with Gasteiger partial charge >= 0.3 is 0 Å². The number of nitrogens with one attached hydrogen (secondary N) is 2. The average Bonchev–Trinajstić information content (AvgIpc) is 3.19. The second-order valence-electron chi connectivity index (χ2n) is 10.3. The molecule has 0 aromatic carbocycles. The van der Waals surface area contributed by atoms with Gasteiger partial charge in [-0.15, -0.1) is 11.3 Å². The van der Waals surface area contributed by atoms with Gasteiger partial charge in [0.25, 0.3) is 5.56 Å². The van der Waals surface area contributed by atoms with E-state index in [1.165, 1.54) is 37.0 Å². The van der Waals surface area contributed by atoms with Gasteiger partial charge in [-0.25, -0.2) is 4.52 Å². The van der Waals surface area contributed by atoms with Crippen molar-refractivity contribution in [3.05, 3.63) is 41.2 Å². The Morgan fingerprint density at radius 1 is 1.16 bits per heavy atom. The van der Waals surface area contributed by atoms with E-state index in [9.17, 15) is 9.90 Å². The molecule has 2 fully saturated rings. The van der Waals surface area contributed by atoms with Crippen molar-refractivity contribution < 1.29 is 10.2 Å². The minimum atomic E-state index is -0.721. The van der Waals surface area contributed by atoms with Crippen molar-refractivity contribution in [2.75, 3.05) is 31.6 Å². The monoisotopic (exact) mass is 520 g/mol. The highest BCUT2D eigenvalue weighted by Gasteiger charge is 2.44. The number of likely N-dealkylation sites (tertiary alicyclic amines) is 1. The Kier molecular flexibility index (Phi) is 5.32. The summed E-state index contributed by atoms with van der Waals surface area (Å²) in [5, 5.41) is 32.3. The molecule has 11 nitrogen and oxygen atoms in total. The fraction of sp³-hybridized carbons (Fsp3) is 0.440. The summed E-state index contributed by atoms with van der Waals surface area (Å²) in [5.74, 6) is 0. The lowest BCUT2D eigenvalue weighted by Gasteiger charge is -2.33. The van der Waals surface area contributed by atoms with Crippen molar-refractivity contribution >= 4 is 43.8 Å². The minimum absolute atomic E-state index is 0.0180. The lowest BCUT2D eigenvalue weighted by Crippen LogP contribution is -2.41. The average molecular weight is 521 g/mol. The maximum absolute atomic E-state index is 13.1. The Bertz CT molecular complexity index is 1670. The summed E-state index contributed by atoms with van der Waals surface area (Å²) < 4.78 is 3.39. The predicted octanol–water partition coefficient (Wildman–Crippen LogP) is 2.25. The van der Waals surface area contributed by atoms with Gasteiger partial charge in [0, 0.05) is 24.5 Å². The Hall–Kier alpha value is -3.32. The summed E-state index contributed by atoms with van der Waals surface area (Å²) >= 11 is 1.46. The van der Waals surface area contributed by atoms with Gasteiger partial charge in [0.2, 0.25) is 0 Å². The molecule has 37 heavy (non-hydrogen) atoms. The molecule has 5 aromatic heterocycles. The van der Waals surface area contributed by atoms with Crippen molar-refractivity contribution in [1.29, 1.82) is 0 Å². The summed E-state index contributed by atoms with van der Waals surface area (Å²) in [4.78, 5) is 24.6. The molecule has 1 saturated heterocycles. The van der Waals surface area contributed by atoms with Crippen LogP contribution in [0.25, 0.3) is 37.2 Å². The number of aliphatic hydroxyl groups excluding tert-OH is 2. The van der Waals surface area contributed by atoms with Crippen LogP contribution in [0.2, 0.25) is 0 Å². The smallest absolute Gasteiger partial charge is 0.261 e. The molecule has 4 N–H and O–H groups in total. The Balaban J connectivity index is 1.14. The van der Waals surface area contributed by atoms with Gasteiger partial charge in [0.1, 0.15) is 27.5 Å². The Morgan fingerprint density at radius 3 is 2.78 bits per heavy atom. The maximum Gasteiger partial charge on any atom is 0.261 e. The third-order valence-corrected chi connectivity index (χ3v) is 8.93. The minimum Gasteiger partial charge on any atom is -0.394 e. The lowest BCUT2D eigenvalue weighted by molar-refractivity contribution is 0.100. The molecule has 0 radical (unpaired) electrons. The number of pyridine rings is 2. The number of aromatic nitrogens is 6. The van der Waals surface area contributed by atoms with Gasteiger partial charge in [-0.05, 0) is 50.3 Å². The second-order valence-corrected chi connectivity index (χ2v) is 11.4. The number of fused-ring (bicyclic) bond motifs is 5. The van der Waals surface area contributed by atoms with E-state index >= 15 is 0 Å². The summed E-state index contributed by atoms with van der Waals surface area (Å²) in [6.45, 7) is 3.07. The Morgan fingerprint density at radius 2 is 2.00 bits per heavy atom. The van der Waals surface area contributed by atoms with Gasteiger partial charge in [-0.2, -0.15) is 10.2 Å². The van der Waals surface area contributed by atoms with E-state index < -0.39 is 6.23 Å². The number of rotatable bonds is 7.